The van der Waals surface area contributed by atoms with Crippen LogP contribution in [0.1, 0.15) is 12.5 Å². The van der Waals surface area contributed by atoms with E-state index in [1.165, 1.54) is 0 Å². The van der Waals surface area contributed by atoms with Crippen molar-refractivity contribution in [1.82, 2.24) is 0 Å². The summed E-state index contributed by atoms with van der Waals surface area (Å²) in [7, 11) is 0. The maximum Gasteiger partial charge on any atom is 0.0461 e. The lowest BCUT2D eigenvalue weighted by Gasteiger charge is -2.15. The lowest BCUT2D eigenvalue weighted by atomic mass is 10.0. The minimum atomic E-state index is 1.03. The van der Waals surface area contributed by atoms with E-state index in [-0.39, 0.29) is 0 Å². The minimum absolute atomic E-state index is 1.03. The lowest BCUT2D eigenvalue weighted by Crippen LogP contribution is -1.97. The topological polar surface area (TPSA) is 24.1 Å². The van der Waals surface area contributed by atoms with Gasteiger partial charge in [0.25, 0.3) is 0 Å². The summed E-state index contributed by atoms with van der Waals surface area (Å²) in [5.41, 5.74) is 6.38. The van der Waals surface area contributed by atoms with Crippen LogP contribution < -0.4 is 10.6 Å². The highest BCUT2D eigenvalue weighted by atomic mass is 14.9. The molecular formula is C21H20N2. The summed E-state index contributed by atoms with van der Waals surface area (Å²) in [4.78, 5) is 0. The van der Waals surface area contributed by atoms with E-state index in [0.29, 0.717) is 0 Å². The van der Waals surface area contributed by atoms with Gasteiger partial charge in [0.2, 0.25) is 0 Å². The van der Waals surface area contributed by atoms with Crippen molar-refractivity contribution in [2.75, 3.05) is 10.6 Å². The third-order valence-corrected chi connectivity index (χ3v) is 3.59. The first-order valence-electron chi connectivity index (χ1n) is 7.66. The van der Waals surface area contributed by atoms with Crippen LogP contribution >= 0.6 is 0 Å². The lowest BCUT2D eigenvalue weighted by molar-refractivity contribution is 1.48. The molecule has 0 aromatic heterocycles. The van der Waals surface area contributed by atoms with E-state index < -0.39 is 0 Å². The highest BCUT2D eigenvalue weighted by Crippen LogP contribution is 2.30. The molecule has 0 aliphatic carbocycles. The van der Waals surface area contributed by atoms with Gasteiger partial charge in [0.05, 0.1) is 0 Å². The highest BCUT2D eigenvalue weighted by Gasteiger charge is 2.06. The molecule has 0 saturated carbocycles. The molecule has 23 heavy (non-hydrogen) atoms. The van der Waals surface area contributed by atoms with E-state index in [9.17, 15) is 0 Å². The summed E-state index contributed by atoms with van der Waals surface area (Å²) in [5.74, 6) is 0. The Kier molecular flexibility index (Phi) is 4.44. The molecule has 3 aromatic rings. The summed E-state index contributed by atoms with van der Waals surface area (Å²) >= 11 is 0. The Morgan fingerprint density at radius 2 is 1.26 bits per heavy atom. The zero-order chi connectivity index (χ0) is 16.1. The van der Waals surface area contributed by atoms with Crippen molar-refractivity contribution in [2.45, 2.75) is 6.92 Å². The van der Waals surface area contributed by atoms with Crippen molar-refractivity contribution < 1.29 is 0 Å². The summed E-state index contributed by atoms with van der Waals surface area (Å²) < 4.78 is 0. The molecule has 3 rings (SSSR count). The van der Waals surface area contributed by atoms with Gasteiger partial charge in [0, 0.05) is 28.3 Å². The van der Waals surface area contributed by atoms with Gasteiger partial charge in [0.15, 0.2) is 0 Å². The predicted molar refractivity (Wildman–Crippen MR) is 101 cm³/mol. The summed E-state index contributed by atoms with van der Waals surface area (Å²) in [6.07, 6.45) is 0. The quantitative estimate of drug-likeness (QED) is 0.585. The van der Waals surface area contributed by atoms with Crippen molar-refractivity contribution >= 4 is 28.3 Å². The molecule has 0 aliphatic rings. The number of benzene rings is 3. The Labute approximate surface area is 137 Å². The largest absolute Gasteiger partial charge is 0.356 e. The van der Waals surface area contributed by atoms with Crippen LogP contribution in [0.25, 0.3) is 5.57 Å². The number of anilines is 4. The normalized spacial score (nSPS) is 10.1. The third kappa shape index (κ3) is 3.80. The van der Waals surface area contributed by atoms with Crippen LogP contribution in [0.3, 0.4) is 0 Å². The fourth-order valence-corrected chi connectivity index (χ4v) is 2.45. The molecule has 0 atom stereocenters. The van der Waals surface area contributed by atoms with Gasteiger partial charge in [-0.25, -0.2) is 0 Å². The van der Waals surface area contributed by atoms with E-state index in [1.54, 1.807) is 0 Å². The molecule has 0 aliphatic heterocycles. The molecule has 2 N–H and O–H groups in total. The standard InChI is InChI=1S/C21H20N2/c1-16(2)20-15-19(22-17-9-5-3-6-10-17)13-14-21(20)23-18-11-7-4-8-12-18/h3-15,22-23H,1H2,2H3. The monoisotopic (exact) mass is 300 g/mol. The Hall–Kier alpha value is -3.00. The minimum Gasteiger partial charge on any atom is -0.356 e. The van der Waals surface area contributed by atoms with Crippen LogP contribution in [0, 0.1) is 0 Å². The summed E-state index contributed by atoms with van der Waals surface area (Å²) in [6.45, 7) is 6.13. The van der Waals surface area contributed by atoms with Crippen LogP contribution in [0.15, 0.2) is 85.4 Å². The second-order valence-electron chi connectivity index (χ2n) is 5.52. The Morgan fingerprint density at radius 1 is 0.696 bits per heavy atom. The molecule has 114 valence electrons. The van der Waals surface area contributed by atoms with Crippen molar-refractivity contribution in [1.29, 1.82) is 0 Å². The summed E-state index contributed by atoms with van der Waals surface area (Å²) in [5, 5.41) is 6.88. The molecule has 2 nitrogen and oxygen atoms in total. The van der Waals surface area contributed by atoms with Crippen LogP contribution in [-0.2, 0) is 0 Å². The van der Waals surface area contributed by atoms with E-state index in [1.807, 2.05) is 43.3 Å². The first-order valence-corrected chi connectivity index (χ1v) is 7.66. The first kappa shape index (κ1) is 14.9. The van der Waals surface area contributed by atoms with Gasteiger partial charge in [-0.05, 0) is 55.0 Å². The van der Waals surface area contributed by atoms with Gasteiger partial charge in [-0.1, -0.05) is 43.0 Å². The number of allylic oxidation sites excluding steroid dienone is 1. The van der Waals surface area contributed by atoms with Gasteiger partial charge in [-0.15, -0.1) is 0 Å². The van der Waals surface area contributed by atoms with Gasteiger partial charge in [-0.2, -0.15) is 0 Å². The summed E-state index contributed by atoms with van der Waals surface area (Å²) in [6, 6.07) is 26.6. The van der Waals surface area contributed by atoms with Crippen LogP contribution in [0.2, 0.25) is 0 Å². The molecule has 0 heterocycles. The fourth-order valence-electron chi connectivity index (χ4n) is 2.45. The zero-order valence-corrected chi connectivity index (χ0v) is 13.2. The van der Waals surface area contributed by atoms with Crippen molar-refractivity contribution in [2.24, 2.45) is 0 Å². The molecule has 0 radical (unpaired) electrons. The van der Waals surface area contributed by atoms with E-state index >= 15 is 0 Å². The van der Waals surface area contributed by atoms with Gasteiger partial charge in [0.1, 0.15) is 0 Å². The zero-order valence-electron chi connectivity index (χ0n) is 13.2. The molecule has 0 amide bonds. The Morgan fingerprint density at radius 3 is 1.83 bits per heavy atom. The number of hydrogen-bond acceptors (Lipinski definition) is 2. The smallest absolute Gasteiger partial charge is 0.0461 e. The molecular weight excluding hydrogens is 280 g/mol. The molecule has 0 fully saturated rings. The number of para-hydroxylation sites is 2. The van der Waals surface area contributed by atoms with Crippen LogP contribution in [0.4, 0.5) is 22.7 Å². The molecule has 2 heteroatoms. The first-order chi connectivity index (χ1) is 11.2. The van der Waals surface area contributed by atoms with Gasteiger partial charge < -0.3 is 10.6 Å². The maximum atomic E-state index is 4.11. The molecule has 3 aromatic carbocycles. The Balaban J connectivity index is 1.88. The highest BCUT2D eigenvalue weighted by molar-refractivity contribution is 5.80. The second-order valence-corrected chi connectivity index (χ2v) is 5.52. The SMILES string of the molecule is C=C(C)c1cc(Nc2ccccc2)ccc1Nc1ccccc1. The van der Waals surface area contributed by atoms with E-state index in [2.05, 4.69) is 59.7 Å². The van der Waals surface area contributed by atoms with Crippen LogP contribution in [-0.4, -0.2) is 0 Å². The number of rotatable bonds is 5. The molecule has 0 unspecified atom stereocenters. The Bertz CT molecular complexity index is 793. The third-order valence-electron chi connectivity index (χ3n) is 3.59. The average Bonchev–Trinajstić information content (AvgIpc) is 2.58. The van der Waals surface area contributed by atoms with E-state index in [0.717, 1.165) is 33.9 Å². The van der Waals surface area contributed by atoms with Gasteiger partial charge in [-0.3, -0.25) is 0 Å². The van der Waals surface area contributed by atoms with Crippen molar-refractivity contribution in [3.05, 3.63) is 91.0 Å². The van der Waals surface area contributed by atoms with Crippen LogP contribution in [0.5, 0.6) is 0 Å². The van der Waals surface area contributed by atoms with Crippen molar-refractivity contribution in [3.8, 4) is 0 Å². The maximum absolute atomic E-state index is 4.11. The second kappa shape index (κ2) is 6.84. The average molecular weight is 300 g/mol. The molecule has 0 bridgehead atoms. The predicted octanol–water partition coefficient (Wildman–Crippen LogP) is 6.21. The van der Waals surface area contributed by atoms with Crippen molar-refractivity contribution in [3.63, 3.8) is 0 Å². The molecule has 0 saturated heterocycles. The number of hydrogen-bond donors (Lipinski definition) is 2. The fraction of sp³-hybridized carbons (Fsp3) is 0.0476. The van der Waals surface area contributed by atoms with E-state index in [4.69, 9.17) is 0 Å². The van der Waals surface area contributed by atoms with Gasteiger partial charge >= 0.3 is 0 Å². The molecule has 0 spiro atoms. The number of nitrogens with one attached hydrogen (secondary N) is 2.